The Morgan fingerprint density at radius 3 is 3.00 bits per heavy atom. The van der Waals surface area contributed by atoms with E-state index in [1.54, 1.807) is 20.3 Å². The van der Waals surface area contributed by atoms with Crippen LogP contribution in [-0.4, -0.2) is 61.5 Å². The Morgan fingerprint density at radius 1 is 1.40 bits per heavy atom. The Morgan fingerprint density at radius 2 is 2.25 bits per heavy atom. The standard InChI is InChI=1S/C15H21NO4/c1-18-10-3-4-16-11-8-15(13(16)7-10)9(5-12(11)19-2)6-14(17)20-15/h6,10-13H,3-5,7-8H2,1-2H3/t10-,11-,12-,13+,15-/m0/s1. The van der Waals surface area contributed by atoms with Crippen molar-refractivity contribution < 1.29 is 19.0 Å². The first-order chi connectivity index (χ1) is 9.68. The summed E-state index contributed by atoms with van der Waals surface area (Å²) >= 11 is 0. The van der Waals surface area contributed by atoms with Gasteiger partial charge in [0.1, 0.15) is 0 Å². The third-order valence-electron chi connectivity index (χ3n) is 5.68. The molecule has 3 fully saturated rings. The number of esters is 1. The van der Waals surface area contributed by atoms with Gasteiger partial charge in [0.25, 0.3) is 0 Å². The van der Waals surface area contributed by atoms with E-state index < -0.39 is 5.60 Å². The Bertz CT molecular complexity index is 476. The predicted molar refractivity (Wildman–Crippen MR) is 71.3 cm³/mol. The van der Waals surface area contributed by atoms with Crippen molar-refractivity contribution in [2.45, 2.75) is 55.6 Å². The van der Waals surface area contributed by atoms with Crippen LogP contribution in [0.1, 0.15) is 25.7 Å². The molecule has 110 valence electrons. The van der Waals surface area contributed by atoms with Gasteiger partial charge in [-0.2, -0.15) is 0 Å². The molecule has 5 atom stereocenters. The maximum atomic E-state index is 11.8. The fraction of sp³-hybridized carbons (Fsp3) is 0.800. The lowest BCUT2D eigenvalue weighted by molar-refractivity contribution is -0.150. The number of ether oxygens (including phenoxy) is 3. The first-order valence-electron chi connectivity index (χ1n) is 7.43. The Kier molecular flexibility index (Phi) is 2.75. The summed E-state index contributed by atoms with van der Waals surface area (Å²) in [4.78, 5) is 14.3. The van der Waals surface area contributed by atoms with Gasteiger partial charge in [-0.15, -0.1) is 0 Å². The number of methoxy groups -OCH3 is 2. The highest BCUT2D eigenvalue weighted by Gasteiger charge is 2.64. The van der Waals surface area contributed by atoms with Crippen LogP contribution in [0.4, 0.5) is 0 Å². The van der Waals surface area contributed by atoms with Gasteiger partial charge in [-0.05, 0) is 18.4 Å². The van der Waals surface area contributed by atoms with Crippen molar-refractivity contribution in [1.82, 2.24) is 4.90 Å². The number of carbonyl (C=O) groups is 1. The first kappa shape index (κ1) is 12.8. The minimum absolute atomic E-state index is 0.174. The van der Waals surface area contributed by atoms with Gasteiger partial charge in [-0.25, -0.2) is 4.79 Å². The smallest absolute Gasteiger partial charge is 0.331 e. The highest BCUT2D eigenvalue weighted by Crippen LogP contribution is 2.54. The van der Waals surface area contributed by atoms with Crippen LogP contribution in [-0.2, 0) is 19.0 Å². The normalized spacial score (nSPS) is 46.7. The molecule has 0 aromatic rings. The van der Waals surface area contributed by atoms with E-state index in [0.717, 1.165) is 37.8 Å². The van der Waals surface area contributed by atoms with Gasteiger partial charge in [0.2, 0.25) is 0 Å². The maximum absolute atomic E-state index is 11.8. The van der Waals surface area contributed by atoms with E-state index in [-0.39, 0.29) is 24.2 Å². The molecule has 5 heteroatoms. The monoisotopic (exact) mass is 279 g/mol. The molecule has 2 bridgehead atoms. The third-order valence-corrected chi connectivity index (χ3v) is 5.68. The Labute approximate surface area is 118 Å². The van der Waals surface area contributed by atoms with Crippen LogP contribution < -0.4 is 0 Å². The number of fused-ring (bicyclic) bond motifs is 3. The summed E-state index contributed by atoms with van der Waals surface area (Å²) in [7, 11) is 3.54. The molecule has 4 aliphatic rings. The van der Waals surface area contributed by atoms with Crippen molar-refractivity contribution in [2.24, 2.45) is 0 Å². The van der Waals surface area contributed by atoms with Crippen LogP contribution in [0.25, 0.3) is 0 Å². The molecule has 5 nitrogen and oxygen atoms in total. The molecule has 2 saturated heterocycles. The van der Waals surface area contributed by atoms with Crippen molar-refractivity contribution in [3.8, 4) is 0 Å². The molecule has 0 aromatic carbocycles. The number of carbonyl (C=O) groups excluding carboxylic acids is 1. The van der Waals surface area contributed by atoms with Gasteiger partial charge in [0, 0.05) is 45.7 Å². The molecule has 0 amide bonds. The molecule has 3 aliphatic heterocycles. The lowest BCUT2D eigenvalue weighted by atomic mass is 9.76. The summed E-state index contributed by atoms with van der Waals surface area (Å²) in [6.45, 7) is 1.00. The van der Waals surface area contributed by atoms with Gasteiger partial charge in [-0.1, -0.05) is 0 Å². The highest BCUT2D eigenvalue weighted by molar-refractivity contribution is 5.87. The van der Waals surface area contributed by atoms with Crippen molar-refractivity contribution in [1.29, 1.82) is 0 Å². The van der Waals surface area contributed by atoms with Crippen LogP contribution in [0.5, 0.6) is 0 Å². The van der Waals surface area contributed by atoms with Gasteiger partial charge in [0.05, 0.1) is 18.2 Å². The summed E-state index contributed by atoms with van der Waals surface area (Å²) in [5.74, 6) is -0.183. The van der Waals surface area contributed by atoms with E-state index in [2.05, 4.69) is 4.90 Å². The summed E-state index contributed by atoms with van der Waals surface area (Å²) in [5, 5.41) is 0. The van der Waals surface area contributed by atoms with Gasteiger partial charge < -0.3 is 14.2 Å². The molecule has 0 radical (unpaired) electrons. The Hall–Kier alpha value is -0.910. The van der Waals surface area contributed by atoms with Crippen LogP contribution in [0.2, 0.25) is 0 Å². The van der Waals surface area contributed by atoms with Crippen LogP contribution >= 0.6 is 0 Å². The predicted octanol–water partition coefficient (Wildman–Crippen LogP) is 0.879. The zero-order valence-electron chi connectivity index (χ0n) is 12.0. The second kappa shape index (κ2) is 4.29. The van der Waals surface area contributed by atoms with Crippen LogP contribution in [0.3, 0.4) is 0 Å². The minimum atomic E-state index is -0.395. The van der Waals surface area contributed by atoms with Crippen molar-refractivity contribution >= 4 is 5.97 Å². The van der Waals surface area contributed by atoms with Crippen LogP contribution in [0.15, 0.2) is 11.6 Å². The highest BCUT2D eigenvalue weighted by atomic mass is 16.6. The van der Waals surface area contributed by atoms with E-state index in [1.807, 2.05) is 0 Å². The molecule has 0 aromatic heterocycles. The average molecular weight is 279 g/mol. The number of piperidine rings is 1. The Balaban J connectivity index is 1.73. The molecule has 0 N–H and O–H groups in total. The van der Waals surface area contributed by atoms with E-state index >= 15 is 0 Å². The zero-order valence-corrected chi connectivity index (χ0v) is 12.0. The largest absolute Gasteiger partial charge is 0.450 e. The lowest BCUT2D eigenvalue weighted by Crippen LogP contribution is -2.51. The van der Waals surface area contributed by atoms with Crippen LogP contribution in [0, 0.1) is 0 Å². The minimum Gasteiger partial charge on any atom is -0.450 e. The fourth-order valence-electron chi connectivity index (χ4n) is 4.75. The lowest BCUT2D eigenvalue weighted by Gasteiger charge is -2.40. The van der Waals surface area contributed by atoms with Gasteiger partial charge in [-0.3, -0.25) is 4.90 Å². The van der Waals surface area contributed by atoms with Crippen molar-refractivity contribution in [2.75, 3.05) is 20.8 Å². The molecule has 20 heavy (non-hydrogen) atoms. The number of rotatable bonds is 2. The van der Waals surface area contributed by atoms with E-state index in [4.69, 9.17) is 14.2 Å². The quantitative estimate of drug-likeness (QED) is 0.702. The average Bonchev–Trinajstić information content (AvgIpc) is 2.94. The zero-order chi connectivity index (χ0) is 13.9. The molecule has 0 unspecified atom stereocenters. The number of nitrogens with zero attached hydrogens (tertiary/aromatic N) is 1. The molecule has 1 saturated carbocycles. The van der Waals surface area contributed by atoms with Crippen molar-refractivity contribution in [3.05, 3.63) is 11.6 Å². The van der Waals surface area contributed by atoms with Crippen molar-refractivity contribution in [3.63, 3.8) is 0 Å². The van der Waals surface area contributed by atoms with E-state index in [9.17, 15) is 4.79 Å². The molecule has 1 spiro atoms. The molecule has 3 heterocycles. The SMILES string of the molecule is CO[C@H]1CCN2[C@H]3C[C@@]4(OC(=O)C=C4C[C@@H]3OC)[C@H]2C1. The second-order valence-corrected chi connectivity index (χ2v) is 6.37. The summed E-state index contributed by atoms with van der Waals surface area (Å²) in [6.07, 6.45) is 5.82. The summed E-state index contributed by atoms with van der Waals surface area (Å²) in [5.41, 5.74) is 0.739. The summed E-state index contributed by atoms with van der Waals surface area (Å²) < 4.78 is 17.1. The molecular formula is C15H21NO4. The topological polar surface area (TPSA) is 48.0 Å². The maximum Gasteiger partial charge on any atom is 0.331 e. The summed E-state index contributed by atoms with van der Waals surface area (Å²) in [6, 6.07) is 0.620. The number of hydrogen-bond donors (Lipinski definition) is 0. The molecule has 4 rings (SSSR count). The van der Waals surface area contributed by atoms with E-state index in [1.165, 1.54) is 0 Å². The number of hydrogen-bond acceptors (Lipinski definition) is 5. The molecule has 1 aliphatic carbocycles. The second-order valence-electron chi connectivity index (χ2n) is 6.37. The third kappa shape index (κ3) is 1.51. The van der Waals surface area contributed by atoms with Gasteiger partial charge in [0.15, 0.2) is 5.60 Å². The first-order valence-corrected chi connectivity index (χ1v) is 7.43. The van der Waals surface area contributed by atoms with Gasteiger partial charge >= 0.3 is 5.97 Å². The van der Waals surface area contributed by atoms with E-state index in [0.29, 0.717) is 6.04 Å². The molecular weight excluding hydrogens is 258 g/mol. The fourth-order valence-corrected chi connectivity index (χ4v) is 4.75.